The molecule has 0 saturated carbocycles. The third-order valence-corrected chi connectivity index (χ3v) is 2.13. The standard InChI is InChI=1S/C12H24/c1-3-5-7-9-11-12-10-8-6-4-2/h5,9H,3-4,6-8,10-12H2,1-2H3. The molecule has 0 fully saturated rings. The summed E-state index contributed by atoms with van der Waals surface area (Å²) in [5.74, 6) is 0. The molecule has 0 aliphatic heterocycles. The lowest BCUT2D eigenvalue weighted by Crippen LogP contribution is -1.81. The van der Waals surface area contributed by atoms with Gasteiger partial charge in [0.15, 0.2) is 0 Å². The Morgan fingerprint density at radius 1 is 0.833 bits per heavy atom. The smallest absolute Gasteiger partial charge is 0.0383 e. The molecule has 72 valence electrons. The maximum atomic E-state index is 2.41. The van der Waals surface area contributed by atoms with Crippen molar-refractivity contribution in [1.29, 1.82) is 0 Å². The van der Waals surface area contributed by atoms with Crippen LogP contribution in [0.25, 0.3) is 0 Å². The van der Waals surface area contributed by atoms with E-state index in [4.69, 9.17) is 0 Å². The summed E-state index contributed by atoms with van der Waals surface area (Å²) in [6.07, 6.45) is 15.5. The van der Waals surface area contributed by atoms with E-state index in [1.165, 1.54) is 51.4 Å². The maximum absolute atomic E-state index is 2.41. The van der Waals surface area contributed by atoms with Gasteiger partial charge in [-0.05, 0) is 19.3 Å². The molecule has 0 unspecified atom stereocenters. The molecule has 0 nitrogen and oxygen atoms in total. The Bertz CT molecular complexity index is 56.4. The highest BCUT2D eigenvalue weighted by molar-refractivity contribution is 4.74. The molecule has 0 aromatic heterocycles. The highest BCUT2D eigenvalue weighted by Gasteiger charge is 1.90. The summed E-state index contributed by atoms with van der Waals surface area (Å²) in [7, 11) is 0. The van der Waals surface area contributed by atoms with Crippen molar-refractivity contribution in [2.24, 2.45) is 0 Å². The van der Waals surface area contributed by atoms with Crippen LogP contribution in [0.15, 0.2) is 0 Å². The Balaban J connectivity index is 2.73. The Morgan fingerprint density at radius 2 is 1.58 bits per heavy atom. The van der Waals surface area contributed by atoms with Gasteiger partial charge in [0.1, 0.15) is 0 Å². The lowest BCUT2D eigenvalue weighted by atomic mass is 10.1. The lowest BCUT2D eigenvalue weighted by Gasteiger charge is -1.99. The van der Waals surface area contributed by atoms with Gasteiger partial charge in [-0.1, -0.05) is 58.8 Å². The molecule has 2 radical (unpaired) electrons. The third-order valence-electron chi connectivity index (χ3n) is 2.13. The minimum Gasteiger partial charge on any atom is -0.0654 e. The second-order valence-electron chi connectivity index (χ2n) is 3.42. The van der Waals surface area contributed by atoms with Crippen molar-refractivity contribution >= 4 is 0 Å². The van der Waals surface area contributed by atoms with E-state index >= 15 is 0 Å². The minimum absolute atomic E-state index is 1.21. The Kier molecular flexibility index (Phi) is 11.0. The van der Waals surface area contributed by atoms with Crippen LogP contribution < -0.4 is 0 Å². The number of rotatable bonds is 9. The first-order valence-electron chi connectivity index (χ1n) is 5.55. The van der Waals surface area contributed by atoms with Crippen molar-refractivity contribution in [3.8, 4) is 0 Å². The van der Waals surface area contributed by atoms with Crippen LogP contribution in [0, 0.1) is 12.8 Å². The molecule has 0 spiro atoms. The molecule has 0 heteroatoms. The van der Waals surface area contributed by atoms with E-state index in [1.807, 2.05) is 0 Å². The molecule has 0 amide bonds. The van der Waals surface area contributed by atoms with E-state index in [1.54, 1.807) is 0 Å². The van der Waals surface area contributed by atoms with Crippen molar-refractivity contribution < 1.29 is 0 Å². The number of unbranched alkanes of at least 4 members (excludes halogenated alkanes) is 9. The summed E-state index contributed by atoms with van der Waals surface area (Å²) < 4.78 is 0. The van der Waals surface area contributed by atoms with Crippen molar-refractivity contribution in [2.75, 3.05) is 0 Å². The second kappa shape index (κ2) is 11.0. The van der Waals surface area contributed by atoms with E-state index in [9.17, 15) is 0 Å². The van der Waals surface area contributed by atoms with E-state index in [0.29, 0.717) is 0 Å². The molecule has 0 saturated heterocycles. The SMILES string of the molecule is CC[CH]C[CH]CCCCCCC. The number of hydrogen-bond donors (Lipinski definition) is 0. The average molecular weight is 168 g/mol. The largest absolute Gasteiger partial charge is 0.0654 e. The third kappa shape index (κ3) is 10.0. The van der Waals surface area contributed by atoms with E-state index in [0.717, 1.165) is 0 Å². The van der Waals surface area contributed by atoms with Crippen molar-refractivity contribution in [3.63, 3.8) is 0 Å². The van der Waals surface area contributed by atoms with Gasteiger partial charge >= 0.3 is 0 Å². The Morgan fingerprint density at radius 3 is 2.25 bits per heavy atom. The van der Waals surface area contributed by atoms with Crippen LogP contribution in [-0.4, -0.2) is 0 Å². The molecule has 0 bridgehead atoms. The highest BCUT2D eigenvalue weighted by Crippen LogP contribution is 2.08. The topological polar surface area (TPSA) is 0 Å². The van der Waals surface area contributed by atoms with E-state index in [2.05, 4.69) is 26.7 Å². The van der Waals surface area contributed by atoms with Crippen LogP contribution in [0.2, 0.25) is 0 Å². The average Bonchev–Trinajstić information content (AvgIpc) is 2.10. The van der Waals surface area contributed by atoms with Gasteiger partial charge in [0, 0.05) is 0 Å². The molecule has 0 aromatic carbocycles. The molecule has 0 heterocycles. The molecular weight excluding hydrogens is 144 g/mol. The monoisotopic (exact) mass is 168 g/mol. The summed E-state index contributed by atoms with van der Waals surface area (Å²) in [4.78, 5) is 0. The predicted molar refractivity (Wildman–Crippen MR) is 56.9 cm³/mol. The van der Waals surface area contributed by atoms with Gasteiger partial charge in [0.2, 0.25) is 0 Å². The molecule has 0 aliphatic rings. The normalized spacial score (nSPS) is 10.5. The molecule has 12 heavy (non-hydrogen) atoms. The fraction of sp³-hybridized carbons (Fsp3) is 0.833. The zero-order valence-corrected chi connectivity index (χ0v) is 8.81. The number of hydrogen-bond acceptors (Lipinski definition) is 0. The minimum atomic E-state index is 1.21. The van der Waals surface area contributed by atoms with Crippen LogP contribution in [0.4, 0.5) is 0 Å². The highest BCUT2D eigenvalue weighted by atomic mass is 14.0. The van der Waals surface area contributed by atoms with Gasteiger partial charge in [-0.3, -0.25) is 0 Å². The van der Waals surface area contributed by atoms with Crippen molar-refractivity contribution in [3.05, 3.63) is 12.8 Å². The first kappa shape index (κ1) is 12.0. The predicted octanol–water partition coefficient (Wildman–Crippen LogP) is 4.56. The second-order valence-corrected chi connectivity index (χ2v) is 3.42. The Hall–Kier alpha value is 0. The molecule has 0 aliphatic carbocycles. The van der Waals surface area contributed by atoms with Crippen LogP contribution in [0.5, 0.6) is 0 Å². The van der Waals surface area contributed by atoms with Crippen LogP contribution >= 0.6 is 0 Å². The quantitative estimate of drug-likeness (QED) is 0.443. The van der Waals surface area contributed by atoms with Gasteiger partial charge < -0.3 is 0 Å². The van der Waals surface area contributed by atoms with Gasteiger partial charge in [0.05, 0.1) is 0 Å². The van der Waals surface area contributed by atoms with Gasteiger partial charge in [-0.25, -0.2) is 0 Å². The first-order chi connectivity index (χ1) is 5.91. The fourth-order valence-corrected chi connectivity index (χ4v) is 1.29. The molecule has 0 aromatic rings. The molecular formula is C12H24. The first-order valence-corrected chi connectivity index (χ1v) is 5.55. The van der Waals surface area contributed by atoms with Crippen LogP contribution in [0.3, 0.4) is 0 Å². The Labute approximate surface area is 78.8 Å². The zero-order valence-electron chi connectivity index (χ0n) is 8.81. The van der Waals surface area contributed by atoms with E-state index in [-0.39, 0.29) is 0 Å². The maximum Gasteiger partial charge on any atom is -0.0383 e. The zero-order chi connectivity index (χ0) is 9.07. The summed E-state index contributed by atoms with van der Waals surface area (Å²) >= 11 is 0. The summed E-state index contributed by atoms with van der Waals surface area (Å²) in [6, 6.07) is 0. The summed E-state index contributed by atoms with van der Waals surface area (Å²) in [5, 5.41) is 0. The van der Waals surface area contributed by atoms with Gasteiger partial charge in [-0.2, -0.15) is 0 Å². The van der Waals surface area contributed by atoms with E-state index < -0.39 is 0 Å². The van der Waals surface area contributed by atoms with Crippen LogP contribution in [-0.2, 0) is 0 Å². The lowest BCUT2D eigenvalue weighted by molar-refractivity contribution is 0.624. The van der Waals surface area contributed by atoms with Gasteiger partial charge in [-0.15, -0.1) is 0 Å². The van der Waals surface area contributed by atoms with Crippen molar-refractivity contribution in [2.45, 2.75) is 65.2 Å². The molecule has 0 rings (SSSR count). The van der Waals surface area contributed by atoms with Crippen LogP contribution in [0.1, 0.15) is 65.2 Å². The summed E-state index contributed by atoms with van der Waals surface area (Å²) in [5.41, 5.74) is 0. The van der Waals surface area contributed by atoms with Gasteiger partial charge in [0.25, 0.3) is 0 Å². The molecule has 0 atom stereocenters. The summed E-state index contributed by atoms with van der Waals surface area (Å²) in [6.45, 7) is 4.47. The fourth-order valence-electron chi connectivity index (χ4n) is 1.29. The van der Waals surface area contributed by atoms with Crippen molar-refractivity contribution in [1.82, 2.24) is 0 Å². The molecule has 0 N–H and O–H groups in total.